The molecule has 1 unspecified atom stereocenters. The number of hydrogen-bond acceptors (Lipinski definition) is 8. The fourth-order valence-electron chi connectivity index (χ4n) is 4.24. The highest BCUT2D eigenvalue weighted by Gasteiger charge is 2.33. The van der Waals surface area contributed by atoms with E-state index in [1.165, 1.54) is 30.1 Å². The molecule has 0 aliphatic carbocycles. The number of ether oxygens (including phenoxy) is 4. The maximum Gasteiger partial charge on any atom is 0.338 e. The molecule has 0 radical (unpaired) electrons. The summed E-state index contributed by atoms with van der Waals surface area (Å²) in [7, 11) is 4.63. The van der Waals surface area contributed by atoms with Crippen LogP contribution >= 0.6 is 22.9 Å². The molecule has 1 aliphatic rings. The zero-order chi connectivity index (χ0) is 26.9. The second-order valence-electron chi connectivity index (χ2n) is 8.26. The molecule has 1 aliphatic heterocycles. The molecule has 1 aromatic heterocycles. The molecule has 0 saturated carbocycles. The van der Waals surface area contributed by atoms with Crippen molar-refractivity contribution in [1.29, 1.82) is 0 Å². The number of esters is 1. The first-order valence-corrected chi connectivity index (χ1v) is 12.7. The lowest BCUT2D eigenvalue weighted by Gasteiger charge is -2.25. The van der Waals surface area contributed by atoms with Crippen LogP contribution in [0.2, 0.25) is 5.02 Å². The van der Waals surface area contributed by atoms with Gasteiger partial charge in [0.1, 0.15) is 5.75 Å². The van der Waals surface area contributed by atoms with Crippen LogP contribution in [-0.2, 0) is 9.53 Å². The van der Waals surface area contributed by atoms with E-state index >= 15 is 0 Å². The Balaban J connectivity index is 1.98. The number of halogens is 1. The SMILES string of the molecule is CCOC(=O)C1=C(C)N=c2s/c(=C/c3cc(OC)c(OC)cc3Cl)c(=O)n2C1c1ccc(C)c(OC)c1. The van der Waals surface area contributed by atoms with E-state index in [2.05, 4.69) is 4.99 Å². The topological polar surface area (TPSA) is 88.4 Å². The Morgan fingerprint density at radius 3 is 2.41 bits per heavy atom. The third-order valence-corrected chi connectivity index (χ3v) is 7.36. The highest BCUT2D eigenvalue weighted by Crippen LogP contribution is 2.35. The zero-order valence-electron chi connectivity index (χ0n) is 21.4. The fraction of sp³-hybridized carbons (Fsp3) is 0.296. The van der Waals surface area contributed by atoms with Crippen molar-refractivity contribution in [2.45, 2.75) is 26.8 Å². The summed E-state index contributed by atoms with van der Waals surface area (Å²) >= 11 is 7.69. The van der Waals surface area contributed by atoms with Gasteiger partial charge in [0.05, 0.1) is 54.8 Å². The summed E-state index contributed by atoms with van der Waals surface area (Å²) in [6.07, 6.45) is 1.68. The van der Waals surface area contributed by atoms with Gasteiger partial charge in [0.2, 0.25) is 0 Å². The van der Waals surface area contributed by atoms with Crippen molar-refractivity contribution < 1.29 is 23.7 Å². The van der Waals surface area contributed by atoms with E-state index < -0.39 is 12.0 Å². The molecule has 3 aromatic rings. The second-order valence-corrected chi connectivity index (χ2v) is 9.68. The normalized spacial score (nSPS) is 15.2. The highest BCUT2D eigenvalue weighted by molar-refractivity contribution is 7.07. The number of benzene rings is 2. The third kappa shape index (κ3) is 4.89. The van der Waals surface area contributed by atoms with Gasteiger partial charge in [-0.3, -0.25) is 9.36 Å². The molecule has 8 nitrogen and oxygen atoms in total. The van der Waals surface area contributed by atoms with Gasteiger partial charge in [-0.1, -0.05) is 35.1 Å². The molecular formula is C27H27ClN2O6S. The van der Waals surface area contributed by atoms with Crippen molar-refractivity contribution in [3.63, 3.8) is 0 Å². The lowest BCUT2D eigenvalue weighted by molar-refractivity contribution is -0.139. The van der Waals surface area contributed by atoms with Crippen LogP contribution in [0, 0.1) is 6.92 Å². The summed E-state index contributed by atoms with van der Waals surface area (Å²) in [6, 6.07) is 8.20. The number of aromatic nitrogens is 1. The van der Waals surface area contributed by atoms with Crippen molar-refractivity contribution in [2.24, 2.45) is 4.99 Å². The van der Waals surface area contributed by atoms with Crippen LogP contribution in [0.25, 0.3) is 6.08 Å². The average molecular weight is 543 g/mol. The lowest BCUT2D eigenvalue weighted by atomic mass is 9.95. The molecule has 37 heavy (non-hydrogen) atoms. The van der Waals surface area contributed by atoms with Crippen molar-refractivity contribution >= 4 is 35.0 Å². The van der Waals surface area contributed by atoms with Gasteiger partial charge >= 0.3 is 5.97 Å². The van der Waals surface area contributed by atoms with E-state index in [0.29, 0.717) is 54.0 Å². The monoisotopic (exact) mass is 542 g/mol. The predicted molar refractivity (Wildman–Crippen MR) is 143 cm³/mol. The summed E-state index contributed by atoms with van der Waals surface area (Å²) in [5.74, 6) is 1.09. The van der Waals surface area contributed by atoms with Gasteiger partial charge in [-0.15, -0.1) is 0 Å². The summed E-state index contributed by atoms with van der Waals surface area (Å²) in [5, 5.41) is 0.395. The Morgan fingerprint density at radius 2 is 1.76 bits per heavy atom. The first-order chi connectivity index (χ1) is 17.7. The highest BCUT2D eigenvalue weighted by atomic mass is 35.5. The number of aryl methyl sites for hydroxylation is 1. The van der Waals surface area contributed by atoms with Crippen LogP contribution in [0.5, 0.6) is 17.2 Å². The van der Waals surface area contributed by atoms with Crippen molar-refractivity contribution in [3.05, 3.63) is 83.0 Å². The molecule has 194 valence electrons. The van der Waals surface area contributed by atoms with Crippen LogP contribution in [0.4, 0.5) is 0 Å². The number of allylic oxidation sites excluding steroid dienone is 1. The van der Waals surface area contributed by atoms with Crippen LogP contribution in [-0.4, -0.2) is 38.5 Å². The van der Waals surface area contributed by atoms with Crippen LogP contribution in [0.1, 0.15) is 36.6 Å². The number of carbonyl (C=O) groups is 1. The Bertz CT molecular complexity index is 1590. The number of thiazole rings is 1. The fourth-order valence-corrected chi connectivity index (χ4v) is 5.48. The van der Waals surface area contributed by atoms with Crippen molar-refractivity contribution in [2.75, 3.05) is 27.9 Å². The smallest absolute Gasteiger partial charge is 0.338 e. The van der Waals surface area contributed by atoms with Gasteiger partial charge in [-0.05, 0) is 55.7 Å². The largest absolute Gasteiger partial charge is 0.496 e. The molecule has 1 atom stereocenters. The van der Waals surface area contributed by atoms with Gasteiger partial charge in [-0.25, -0.2) is 9.79 Å². The number of carbonyl (C=O) groups excluding carboxylic acids is 1. The van der Waals surface area contributed by atoms with Crippen LogP contribution in [0.15, 0.2) is 51.4 Å². The van der Waals surface area contributed by atoms with Gasteiger partial charge in [0, 0.05) is 6.07 Å². The first kappa shape index (κ1) is 26.5. The first-order valence-electron chi connectivity index (χ1n) is 11.5. The van der Waals surface area contributed by atoms with Crippen LogP contribution in [0.3, 0.4) is 0 Å². The number of rotatable bonds is 7. The van der Waals surface area contributed by atoms with E-state index in [0.717, 1.165) is 5.56 Å². The molecule has 0 bridgehead atoms. The Morgan fingerprint density at radius 1 is 1.08 bits per heavy atom. The molecule has 0 N–H and O–H groups in total. The van der Waals surface area contributed by atoms with Crippen molar-refractivity contribution in [3.8, 4) is 17.2 Å². The molecular weight excluding hydrogens is 516 g/mol. The number of methoxy groups -OCH3 is 3. The molecule has 4 rings (SSSR count). The maximum absolute atomic E-state index is 13.8. The third-order valence-electron chi connectivity index (χ3n) is 6.05. The van der Waals surface area contributed by atoms with Gasteiger partial charge in [0.15, 0.2) is 16.3 Å². The summed E-state index contributed by atoms with van der Waals surface area (Å²) in [4.78, 5) is 32.0. The predicted octanol–water partition coefficient (Wildman–Crippen LogP) is 3.79. The molecule has 2 aromatic carbocycles. The summed E-state index contributed by atoms with van der Waals surface area (Å²) in [6.45, 7) is 5.60. The van der Waals surface area contributed by atoms with E-state index in [9.17, 15) is 9.59 Å². The minimum absolute atomic E-state index is 0.196. The molecule has 2 heterocycles. The Kier molecular flexibility index (Phi) is 7.75. The minimum atomic E-state index is -0.743. The zero-order valence-corrected chi connectivity index (χ0v) is 23.0. The van der Waals surface area contributed by atoms with Crippen LogP contribution < -0.4 is 29.1 Å². The quantitative estimate of drug-likeness (QED) is 0.422. The summed E-state index contributed by atoms with van der Waals surface area (Å²) in [5.41, 5.74) is 2.69. The number of fused-ring (bicyclic) bond motifs is 1. The molecule has 0 spiro atoms. The lowest BCUT2D eigenvalue weighted by Crippen LogP contribution is -2.40. The van der Waals surface area contributed by atoms with Gasteiger partial charge < -0.3 is 18.9 Å². The molecule has 0 saturated heterocycles. The van der Waals surface area contributed by atoms with Gasteiger partial charge in [-0.2, -0.15) is 0 Å². The average Bonchev–Trinajstić information content (AvgIpc) is 3.18. The van der Waals surface area contributed by atoms with Gasteiger partial charge in [0.25, 0.3) is 5.56 Å². The Labute approximate surface area is 223 Å². The van der Waals surface area contributed by atoms with E-state index in [-0.39, 0.29) is 12.2 Å². The molecule has 10 heteroatoms. The number of hydrogen-bond donors (Lipinski definition) is 0. The van der Waals surface area contributed by atoms with E-state index in [1.807, 2.05) is 25.1 Å². The van der Waals surface area contributed by atoms with E-state index in [4.69, 9.17) is 30.5 Å². The minimum Gasteiger partial charge on any atom is -0.496 e. The second kappa shape index (κ2) is 10.8. The van der Waals surface area contributed by atoms with E-state index in [1.54, 1.807) is 39.2 Å². The van der Waals surface area contributed by atoms with Crippen molar-refractivity contribution in [1.82, 2.24) is 4.57 Å². The Hall–Kier alpha value is -3.56. The standard InChI is InChI=1S/C27H27ClN2O6S/c1-7-36-26(32)23-15(3)29-27-30(24(23)16-9-8-14(2)19(10-16)33-4)25(31)22(37-27)12-17-11-20(34-5)21(35-6)13-18(17)28/h8-13,24H,7H2,1-6H3/b22-12+. The molecule has 0 amide bonds. The number of nitrogens with zero attached hydrogens (tertiary/aromatic N) is 2. The maximum atomic E-state index is 13.8. The molecule has 0 fully saturated rings. The summed E-state index contributed by atoms with van der Waals surface area (Å²) < 4.78 is 23.5.